The van der Waals surface area contributed by atoms with E-state index in [1.54, 1.807) is 0 Å². The van der Waals surface area contributed by atoms with E-state index >= 15 is 0 Å². The standard InChI is InChI=1S/C24H19N3O4S/c28-23-21(32-24(29)27-23)12-15-6-8-16(9-7-15)30-14-22-25-19-11-10-18(13-20(19)26-22)31-17-4-2-1-3-5-17/h1-11,13,21H,12,14H2,(H,25,26)(H,27,28,29). The summed E-state index contributed by atoms with van der Waals surface area (Å²) in [6.07, 6.45) is 0.499. The van der Waals surface area contributed by atoms with Gasteiger partial charge in [0.25, 0.3) is 5.24 Å². The molecule has 1 saturated heterocycles. The van der Waals surface area contributed by atoms with E-state index in [0.717, 1.165) is 39.9 Å². The van der Waals surface area contributed by atoms with Crippen LogP contribution < -0.4 is 14.8 Å². The fraction of sp³-hybridized carbons (Fsp3) is 0.125. The Morgan fingerprint density at radius 3 is 2.44 bits per heavy atom. The molecule has 160 valence electrons. The van der Waals surface area contributed by atoms with Crippen LogP contribution in [0.4, 0.5) is 4.79 Å². The number of hydrogen-bond acceptors (Lipinski definition) is 6. The van der Waals surface area contributed by atoms with Gasteiger partial charge in [-0.05, 0) is 48.4 Å². The molecule has 1 atom stereocenters. The summed E-state index contributed by atoms with van der Waals surface area (Å²) in [7, 11) is 0. The molecule has 4 aromatic rings. The van der Waals surface area contributed by atoms with Crippen LogP contribution in [-0.2, 0) is 17.8 Å². The number of hydrogen-bond donors (Lipinski definition) is 2. The Morgan fingerprint density at radius 1 is 0.906 bits per heavy atom. The number of H-pyrrole nitrogens is 1. The minimum absolute atomic E-state index is 0.234. The number of imide groups is 1. The van der Waals surface area contributed by atoms with Gasteiger partial charge in [-0.25, -0.2) is 4.98 Å². The molecule has 7 nitrogen and oxygen atoms in total. The van der Waals surface area contributed by atoms with E-state index in [2.05, 4.69) is 15.3 Å². The minimum Gasteiger partial charge on any atom is -0.486 e. The van der Waals surface area contributed by atoms with Crippen LogP contribution in [0.25, 0.3) is 11.0 Å². The second kappa shape index (κ2) is 8.76. The van der Waals surface area contributed by atoms with Gasteiger partial charge >= 0.3 is 0 Å². The zero-order valence-corrected chi connectivity index (χ0v) is 17.7. The van der Waals surface area contributed by atoms with Crippen molar-refractivity contribution in [2.24, 2.45) is 0 Å². The normalized spacial score (nSPS) is 15.7. The molecule has 1 fully saturated rings. The summed E-state index contributed by atoms with van der Waals surface area (Å²) >= 11 is 1.03. The lowest BCUT2D eigenvalue weighted by molar-refractivity contribution is -0.118. The van der Waals surface area contributed by atoms with E-state index < -0.39 is 0 Å². The summed E-state index contributed by atoms with van der Waals surface area (Å²) in [5.41, 5.74) is 2.67. The first-order chi connectivity index (χ1) is 15.6. The van der Waals surface area contributed by atoms with Gasteiger partial charge in [-0.2, -0.15) is 0 Å². The zero-order valence-electron chi connectivity index (χ0n) is 16.9. The Bertz CT molecular complexity index is 1270. The number of thioether (sulfide) groups is 1. The summed E-state index contributed by atoms with van der Waals surface area (Å²) in [5, 5.41) is 1.64. The van der Waals surface area contributed by atoms with Crippen LogP contribution in [0, 0.1) is 0 Å². The predicted molar refractivity (Wildman–Crippen MR) is 122 cm³/mol. The smallest absolute Gasteiger partial charge is 0.286 e. The molecule has 32 heavy (non-hydrogen) atoms. The third-order valence-corrected chi connectivity index (χ3v) is 5.95. The van der Waals surface area contributed by atoms with Gasteiger partial charge in [0.2, 0.25) is 5.91 Å². The highest BCUT2D eigenvalue weighted by Crippen LogP contribution is 2.26. The summed E-state index contributed by atoms with van der Waals surface area (Å²) in [6, 6.07) is 22.8. The SMILES string of the molecule is O=C1NC(=O)C(Cc2ccc(OCc3nc4ccc(Oc5ccccc5)cc4[nH]3)cc2)S1. The molecule has 2 amide bonds. The van der Waals surface area contributed by atoms with Crippen LogP contribution in [0.3, 0.4) is 0 Å². The molecular weight excluding hydrogens is 426 g/mol. The molecule has 0 spiro atoms. The van der Waals surface area contributed by atoms with Crippen molar-refractivity contribution in [3.8, 4) is 17.2 Å². The van der Waals surface area contributed by atoms with Crippen molar-refractivity contribution < 1.29 is 19.1 Å². The van der Waals surface area contributed by atoms with Gasteiger partial charge in [-0.1, -0.05) is 42.1 Å². The second-order valence-electron chi connectivity index (χ2n) is 7.30. The number of nitrogens with one attached hydrogen (secondary N) is 2. The third kappa shape index (κ3) is 4.60. The van der Waals surface area contributed by atoms with E-state index in [0.29, 0.717) is 18.0 Å². The molecule has 1 unspecified atom stereocenters. The Hall–Kier alpha value is -3.78. The van der Waals surface area contributed by atoms with Crippen LogP contribution >= 0.6 is 11.8 Å². The van der Waals surface area contributed by atoms with Gasteiger partial charge in [0, 0.05) is 6.07 Å². The van der Waals surface area contributed by atoms with Crippen molar-refractivity contribution >= 4 is 33.9 Å². The first-order valence-electron chi connectivity index (χ1n) is 10.1. The van der Waals surface area contributed by atoms with Gasteiger partial charge in [0.1, 0.15) is 29.7 Å². The van der Waals surface area contributed by atoms with Gasteiger partial charge < -0.3 is 14.5 Å². The van der Waals surface area contributed by atoms with Crippen LogP contribution in [0.1, 0.15) is 11.4 Å². The highest BCUT2D eigenvalue weighted by atomic mass is 32.2. The van der Waals surface area contributed by atoms with E-state index in [9.17, 15) is 9.59 Å². The van der Waals surface area contributed by atoms with E-state index in [-0.39, 0.29) is 23.0 Å². The molecule has 8 heteroatoms. The van der Waals surface area contributed by atoms with E-state index in [4.69, 9.17) is 9.47 Å². The van der Waals surface area contributed by atoms with Crippen molar-refractivity contribution in [2.75, 3.05) is 0 Å². The fourth-order valence-corrected chi connectivity index (χ4v) is 4.27. The maximum absolute atomic E-state index is 11.7. The Balaban J connectivity index is 1.20. The summed E-state index contributed by atoms with van der Waals surface area (Å²) in [6.45, 7) is 0.290. The molecule has 3 aromatic carbocycles. The number of nitrogens with zero attached hydrogens (tertiary/aromatic N) is 1. The third-order valence-electron chi connectivity index (χ3n) is 4.97. The van der Waals surface area contributed by atoms with Gasteiger partial charge in [-0.3, -0.25) is 14.9 Å². The van der Waals surface area contributed by atoms with Crippen LogP contribution in [0.5, 0.6) is 17.2 Å². The average Bonchev–Trinajstić information content (AvgIpc) is 3.35. The molecule has 5 rings (SSSR count). The zero-order chi connectivity index (χ0) is 21.9. The maximum atomic E-state index is 11.7. The molecule has 0 radical (unpaired) electrons. The number of aromatic amines is 1. The summed E-state index contributed by atoms with van der Waals surface area (Å²) in [4.78, 5) is 30.8. The first-order valence-corrected chi connectivity index (χ1v) is 11.0. The number of para-hydroxylation sites is 1. The largest absolute Gasteiger partial charge is 0.486 e. The van der Waals surface area contributed by atoms with Gasteiger partial charge in [-0.15, -0.1) is 0 Å². The number of ether oxygens (including phenoxy) is 2. The number of carbonyl (C=O) groups excluding carboxylic acids is 2. The molecule has 2 heterocycles. The highest BCUT2D eigenvalue weighted by molar-refractivity contribution is 8.15. The van der Waals surface area contributed by atoms with Crippen LogP contribution in [-0.4, -0.2) is 26.4 Å². The van der Waals surface area contributed by atoms with Crippen molar-refractivity contribution in [2.45, 2.75) is 18.3 Å². The number of fused-ring (bicyclic) bond motifs is 1. The van der Waals surface area contributed by atoms with Crippen molar-refractivity contribution in [1.82, 2.24) is 15.3 Å². The topological polar surface area (TPSA) is 93.3 Å². The van der Waals surface area contributed by atoms with E-state index in [1.807, 2.05) is 72.8 Å². The van der Waals surface area contributed by atoms with E-state index in [1.165, 1.54) is 0 Å². The molecule has 1 aliphatic heterocycles. The molecule has 0 aliphatic carbocycles. The average molecular weight is 446 g/mol. The molecular formula is C24H19N3O4S. The number of benzene rings is 3. The number of imidazole rings is 1. The highest BCUT2D eigenvalue weighted by Gasteiger charge is 2.31. The summed E-state index contributed by atoms with van der Waals surface area (Å²) < 4.78 is 11.7. The molecule has 2 N–H and O–H groups in total. The Labute approximate surface area is 188 Å². The first kappa shape index (κ1) is 20.1. The fourth-order valence-electron chi connectivity index (χ4n) is 3.41. The number of rotatable bonds is 7. The summed E-state index contributed by atoms with van der Waals surface area (Å²) in [5.74, 6) is 2.67. The number of aromatic nitrogens is 2. The van der Waals surface area contributed by atoms with Gasteiger partial charge in [0.15, 0.2) is 0 Å². The van der Waals surface area contributed by atoms with Gasteiger partial charge in [0.05, 0.1) is 16.3 Å². The number of carbonyl (C=O) groups is 2. The molecule has 1 aliphatic rings. The van der Waals surface area contributed by atoms with Crippen LogP contribution in [0.2, 0.25) is 0 Å². The molecule has 1 aromatic heterocycles. The number of amides is 2. The molecule has 0 saturated carbocycles. The Kier molecular flexibility index (Phi) is 5.51. The van der Waals surface area contributed by atoms with Crippen molar-refractivity contribution in [1.29, 1.82) is 0 Å². The lowest BCUT2D eigenvalue weighted by atomic mass is 10.1. The minimum atomic E-state index is -0.374. The maximum Gasteiger partial charge on any atom is 0.286 e. The monoisotopic (exact) mass is 445 g/mol. The molecule has 0 bridgehead atoms. The predicted octanol–water partition coefficient (Wildman–Crippen LogP) is 4.83. The lowest BCUT2D eigenvalue weighted by Gasteiger charge is -2.07. The Morgan fingerprint density at radius 2 is 1.69 bits per heavy atom. The van der Waals surface area contributed by atoms with Crippen molar-refractivity contribution in [3.63, 3.8) is 0 Å². The quantitative estimate of drug-likeness (QED) is 0.423. The second-order valence-corrected chi connectivity index (χ2v) is 8.47. The van der Waals surface area contributed by atoms with Crippen molar-refractivity contribution in [3.05, 3.63) is 84.2 Å². The lowest BCUT2D eigenvalue weighted by Crippen LogP contribution is -2.25. The van der Waals surface area contributed by atoms with Crippen LogP contribution in [0.15, 0.2) is 72.8 Å².